The molecule has 0 bridgehead atoms. The van der Waals surface area contributed by atoms with E-state index in [0.717, 1.165) is 0 Å². The number of rotatable bonds is 3. The highest BCUT2D eigenvalue weighted by Gasteiger charge is 2.13. The third-order valence-corrected chi connectivity index (χ3v) is 2.61. The lowest BCUT2D eigenvalue weighted by Gasteiger charge is -2.07. The lowest BCUT2D eigenvalue weighted by molar-refractivity contribution is 0.172. The molecule has 0 aliphatic carbocycles. The number of hydrogen-bond donors (Lipinski definition) is 1. The van der Waals surface area contributed by atoms with Gasteiger partial charge in [0, 0.05) is 11.8 Å². The Morgan fingerprint density at radius 2 is 2.20 bits per heavy atom. The van der Waals surface area contributed by atoms with Gasteiger partial charge in [-0.2, -0.15) is 0 Å². The molecule has 78 valence electrons. The van der Waals surface area contributed by atoms with Crippen molar-refractivity contribution in [1.82, 2.24) is 9.59 Å². The van der Waals surface area contributed by atoms with Crippen molar-refractivity contribution in [1.29, 1.82) is 0 Å². The minimum Gasteiger partial charge on any atom is -0.386 e. The number of halogens is 1. The molecule has 1 N–H and O–H groups in total. The van der Waals surface area contributed by atoms with Crippen LogP contribution in [-0.4, -0.2) is 14.7 Å². The molecule has 0 fully saturated rings. The summed E-state index contributed by atoms with van der Waals surface area (Å²) in [5.41, 5.74) is 0.973. The molecule has 5 heteroatoms. The highest BCUT2D eigenvalue weighted by molar-refractivity contribution is 7.03. The second-order valence-electron chi connectivity index (χ2n) is 3.14. The maximum absolute atomic E-state index is 13.2. The second kappa shape index (κ2) is 4.46. The number of hydrogen-bond acceptors (Lipinski definition) is 4. The van der Waals surface area contributed by atoms with Gasteiger partial charge in [-0.3, -0.25) is 0 Å². The first-order chi connectivity index (χ1) is 7.27. The molecule has 1 atom stereocenters. The monoisotopic (exact) mass is 224 g/mol. The Morgan fingerprint density at radius 1 is 1.40 bits per heavy atom. The molecule has 0 spiro atoms. The first-order valence-corrected chi connectivity index (χ1v) is 5.29. The Morgan fingerprint density at radius 3 is 2.87 bits per heavy atom. The summed E-state index contributed by atoms with van der Waals surface area (Å²) in [7, 11) is 0. The molecule has 0 aliphatic heterocycles. The number of aliphatic hydroxyl groups excluding tert-OH is 1. The maximum atomic E-state index is 13.2. The van der Waals surface area contributed by atoms with Crippen LogP contribution in [0.2, 0.25) is 0 Å². The summed E-state index contributed by atoms with van der Waals surface area (Å²) in [6, 6.07) is 6.39. The van der Waals surface area contributed by atoms with E-state index in [9.17, 15) is 9.50 Å². The molecule has 3 nitrogen and oxygen atoms in total. The van der Waals surface area contributed by atoms with E-state index < -0.39 is 6.10 Å². The van der Waals surface area contributed by atoms with Crippen LogP contribution in [-0.2, 0) is 6.42 Å². The SMILES string of the molecule is OC(Cc1ccccc1F)c1csnn1. The Bertz CT molecular complexity index is 433. The van der Waals surface area contributed by atoms with Crippen LogP contribution in [0.4, 0.5) is 4.39 Å². The van der Waals surface area contributed by atoms with Crippen LogP contribution in [0.15, 0.2) is 29.6 Å². The highest BCUT2D eigenvalue weighted by Crippen LogP contribution is 2.18. The van der Waals surface area contributed by atoms with E-state index in [0.29, 0.717) is 11.3 Å². The third-order valence-electron chi connectivity index (χ3n) is 2.09. The van der Waals surface area contributed by atoms with Crippen molar-refractivity contribution in [3.8, 4) is 0 Å². The van der Waals surface area contributed by atoms with Gasteiger partial charge in [-0.25, -0.2) is 4.39 Å². The zero-order valence-electron chi connectivity index (χ0n) is 7.80. The van der Waals surface area contributed by atoms with Crippen molar-refractivity contribution < 1.29 is 9.50 Å². The summed E-state index contributed by atoms with van der Waals surface area (Å²) in [5, 5.41) is 15.1. The summed E-state index contributed by atoms with van der Waals surface area (Å²) in [5.74, 6) is -0.306. The molecule has 1 unspecified atom stereocenters. The minimum atomic E-state index is -0.791. The van der Waals surface area contributed by atoms with Crippen molar-refractivity contribution in [3.63, 3.8) is 0 Å². The second-order valence-corrected chi connectivity index (χ2v) is 3.75. The van der Waals surface area contributed by atoms with Crippen molar-refractivity contribution >= 4 is 11.5 Å². The predicted octanol–water partition coefficient (Wildman–Crippen LogP) is 1.95. The van der Waals surface area contributed by atoms with Gasteiger partial charge in [0.1, 0.15) is 17.6 Å². The molecule has 1 aromatic heterocycles. The van der Waals surface area contributed by atoms with Gasteiger partial charge in [-0.15, -0.1) is 5.10 Å². The highest BCUT2D eigenvalue weighted by atomic mass is 32.1. The van der Waals surface area contributed by atoms with E-state index in [4.69, 9.17) is 0 Å². The Balaban J connectivity index is 2.13. The van der Waals surface area contributed by atoms with Gasteiger partial charge in [0.05, 0.1) is 0 Å². The number of benzene rings is 1. The maximum Gasteiger partial charge on any atom is 0.126 e. The summed E-state index contributed by atoms with van der Waals surface area (Å²) >= 11 is 1.17. The molecule has 0 saturated heterocycles. The van der Waals surface area contributed by atoms with Crippen LogP contribution in [0.1, 0.15) is 17.4 Å². The summed E-state index contributed by atoms with van der Waals surface area (Å²) in [6.07, 6.45) is -0.571. The quantitative estimate of drug-likeness (QED) is 0.866. The van der Waals surface area contributed by atoms with Crippen LogP contribution < -0.4 is 0 Å². The van der Waals surface area contributed by atoms with Gasteiger partial charge in [0.25, 0.3) is 0 Å². The normalized spacial score (nSPS) is 12.7. The van der Waals surface area contributed by atoms with E-state index in [2.05, 4.69) is 9.59 Å². The fourth-order valence-electron chi connectivity index (χ4n) is 1.29. The van der Waals surface area contributed by atoms with Gasteiger partial charge in [-0.05, 0) is 23.2 Å². The van der Waals surface area contributed by atoms with Crippen LogP contribution in [0.3, 0.4) is 0 Å². The first-order valence-electron chi connectivity index (χ1n) is 4.46. The summed E-state index contributed by atoms with van der Waals surface area (Å²) in [6.45, 7) is 0. The largest absolute Gasteiger partial charge is 0.386 e. The molecule has 0 saturated carbocycles. The molecular formula is C10H9FN2OS. The standard InChI is InChI=1S/C10H9FN2OS/c11-8-4-2-1-3-7(8)5-10(14)9-6-15-13-12-9/h1-4,6,10,14H,5H2. The predicted molar refractivity (Wildman–Crippen MR) is 55.0 cm³/mol. The molecule has 15 heavy (non-hydrogen) atoms. The number of aliphatic hydroxyl groups is 1. The lowest BCUT2D eigenvalue weighted by atomic mass is 10.1. The molecular weight excluding hydrogens is 215 g/mol. The van der Waals surface area contributed by atoms with E-state index in [1.54, 1.807) is 23.6 Å². The van der Waals surface area contributed by atoms with Crippen molar-refractivity contribution in [2.75, 3.05) is 0 Å². The Kier molecular flexibility index (Phi) is 3.03. The van der Waals surface area contributed by atoms with Crippen molar-refractivity contribution in [2.45, 2.75) is 12.5 Å². The molecule has 0 amide bonds. The van der Waals surface area contributed by atoms with Gasteiger partial charge in [-0.1, -0.05) is 22.7 Å². The van der Waals surface area contributed by atoms with Crippen LogP contribution in [0.25, 0.3) is 0 Å². The molecule has 1 heterocycles. The lowest BCUT2D eigenvalue weighted by Crippen LogP contribution is -2.03. The van der Waals surface area contributed by atoms with Gasteiger partial charge in [0.15, 0.2) is 0 Å². The first kappa shape index (κ1) is 10.2. The molecule has 2 rings (SSSR count). The van der Waals surface area contributed by atoms with E-state index in [1.165, 1.54) is 17.6 Å². The van der Waals surface area contributed by atoms with E-state index in [1.807, 2.05) is 0 Å². The van der Waals surface area contributed by atoms with Crippen LogP contribution in [0.5, 0.6) is 0 Å². The van der Waals surface area contributed by atoms with Crippen molar-refractivity contribution in [2.24, 2.45) is 0 Å². The number of aromatic nitrogens is 2. The topological polar surface area (TPSA) is 46.0 Å². The molecule has 2 aromatic rings. The zero-order chi connectivity index (χ0) is 10.7. The van der Waals surface area contributed by atoms with Crippen molar-refractivity contribution in [3.05, 3.63) is 46.7 Å². The summed E-state index contributed by atoms with van der Waals surface area (Å²) in [4.78, 5) is 0. The van der Waals surface area contributed by atoms with Gasteiger partial charge >= 0.3 is 0 Å². The molecule has 0 aliphatic rings. The zero-order valence-corrected chi connectivity index (χ0v) is 8.62. The Labute approximate surface area is 90.4 Å². The smallest absolute Gasteiger partial charge is 0.126 e. The van der Waals surface area contributed by atoms with Gasteiger partial charge < -0.3 is 5.11 Å². The molecule has 1 aromatic carbocycles. The Hall–Kier alpha value is -1.33. The minimum absolute atomic E-state index is 0.220. The average Bonchev–Trinajstić information content (AvgIpc) is 2.74. The van der Waals surface area contributed by atoms with Crippen LogP contribution >= 0.6 is 11.5 Å². The fourth-order valence-corrected chi connectivity index (χ4v) is 1.79. The average molecular weight is 224 g/mol. The third kappa shape index (κ3) is 2.37. The number of nitrogens with zero attached hydrogens (tertiary/aromatic N) is 2. The molecule has 0 radical (unpaired) electrons. The van der Waals surface area contributed by atoms with E-state index in [-0.39, 0.29) is 12.2 Å². The fraction of sp³-hybridized carbons (Fsp3) is 0.200. The van der Waals surface area contributed by atoms with E-state index >= 15 is 0 Å². The van der Waals surface area contributed by atoms with Gasteiger partial charge in [0.2, 0.25) is 0 Å². The van der Waals surface area contributed by atoms with Crippen LogP contribution in [0, 0.1) is 5.82 Å². The summed E-state index contributed by atoms with van der Waals surface area (Å²) < 4.78 is 16.9.